The Balaban J connectivity index is 1.64. The zero-order chi connectivity index (χ0) is 13.5. The van der Waals surface area contributed by atoms with Crippen LogP contribution in [0.1, 0.15) is 18.4 Å². The Kier molecular flexibility index (Phi) is 6.01. The van der Waals surface area contributed by atoms with Gasteiger partial charge < -0.3 is 10.6 Å². The lowest BCUT2D eigenvalue weighted by Crippen LogP contribution is -2.46. The van der Waals surface area contributed by atoms with Crippen LogP contribution in [0.5, 0.6) is 0 Å². The maximum Gasteiger partial charge on any atom is 0.230 e. The zero-order valence-corrected chi connectivity index (χ0v) is 12.4. The fraction of sp³-hybridized carbons (Fsp3) is 0.500. The molecular weight excluding hydrogens is 280 g/mol. The highest BCUT2D eigenvalue weighted by molar-refractivity contribution is 7.99. The van der Waals surface area contributed by atoms with Crippen LogP contribution in [0.4, 0.5) is 0 Å². The predicted octanol–water partition coefficient (Wildman–Crippen LogP) is 2.44. The van der Waals surface area contributed by atoms with E-state index in [1.165, 1.54) is 5.56 Å². The van der Waals surface area contributed by atoms with Gasteiger partial charge in [0.15, 0.2) is 0 Å². The third kappa shape index (κ3) is 5.43. The van der Waals surface area contributed by atoms with Crippen LogP contribution in [0, 0.1) is 0 Å². The van der Waals surface area contributed by atoms with Crippen LogP contribution >= 0.6 is 23.4 Å². The topological polar surface area (TPSA) is 41.1 Å². The first kappa shape index (κ1) is 14.7. The molecule has 1 aliphatic heterocycles. The van der Waals surface area contributed by atoms with E-state index in [9.17, 15) is 4.79 Å². The summed E-state index contributed by atoms with van der Waals surface area (Å²) in [7, 11) is 0. The Hall–Kier alpha value is -0.710. The number of nitrogens with one attached hydrogen (secondary N) is 2. The molecule has 0 aromatic heterocycles. The van der Waals surface area contributed by atoms with Crippen molar-refractivity contribution < 1.29 is 4.79 Å². The molecule has 0 unspecified atom stereocenters. The van der Waals surface area contributed by atoms with Gasteiger partial charge in [-0.15, -0.1) is 11.8 Å². The standard InChI is InChI=1S/C14H19ClN2OS/c15-12-5-3-11(4-6-12)9-19-10-14(18)17-13-2-1-7-16-8-13/h3-6,13,16H,1-2,7-10H2,(H,17,18)/t13-/m0/s1. The lowest BCUT2D eigenvalue weighted by molar-refractivity contribution is -0.119. The lowest BCUT2D eigenvalue weighted by atomic mass is 10.1. The SMILES string of the molecule is O=C(CSCc1ccc(Cl)cc1)N[C@H]1CCCNC1. The number of amides is 1. The van der Waals surface area contributed by atoms with Crippen molar-refractivity contribution in [3.05, 3.63) is 34.9 Å². The first-order chi connectivity index (χ1) is 9.24. The van der Waals surface area contributed by atoms with E-state index < -0.39 is 0 Å². The van der Waals surface area contributed by atoms with E-state index in [1.807, 2.05) is 24.3 Å². The van der Waals surface area contributed by atoms with E-state index in [1.54, 1.807) is 11.8 Å². The van der Waals surface area contributed by atoms with Crippen molar-refractivity contribution >= 4 is 29.3 Å². The molecule has 1 atom stereocenters. The minimum Gasteiger partial charge on any atom is -0.351 e. The van der Waals surface area contributed by atoms with Crippen molar-refractivity contribution in [2.45, 2.75) is 24.6 Å². The average Bonchev–Trinajstić information content (AvgIpc) is 2.42. The van der Waals surface area contributed by atoms with Crippen LogP contribution in [-0.2, 0) is 10.5 Å². The lowest BCUT2D eigenvalue weighted by Gasteiger charge is -2.23. The van der Waals surface area contributed by atoms with E-state index in [0.29, 0.717) is 11.8 Å². The Morgan fingerprint density at radius 3 is 2.89 bits per heavy atom. The van der Waals surface area contributed by atoms with Crippen LogP contribution in [0.25, 0.3) is 0 Å². The highest BCUT2D eigenvalue weighted by atomic mass is 35.5. The summed E-state index contributed by atoms with van der Waals surface area (Å²) in [6.07, 6.45) is 2.23. The maximum atomic E-state index is 11.8. The van der Waals surface area contributed by atoms with Crippen LogP contribution in [0.15, 0.2) is 24.3 Å². The second-order valence-electron chi connectivity index (χ2n) is 4.73. The van der Waals surface area contributed by atoms with Crippen LogP contribution in [0.2, 0.25) is 5.02 Å². The number of hydrogen-bond donors (Lipinski definition) is 2. The van der Waals surface area contributed by atoms with Crippen molar-refractivity contribution in [1.82, 2.24) is 10.6 Å². The Labute approximate surface area is 123 Å². The van der Waals surface area contributed by atoms with Gasteiger partial charge in [-0.3, -0.25) is 4.79 Å². The Morgan fingerprint density at radius 1 is 1.42 bits per heavy atom. The van der Waals surface area contributed by atoms with Gasteiger partial charge in [-0.2, -0.15) is 0 Å². The molecule has 2 N–H and O–H groups in total. The smallest absolute Gasteiger partial charge is 0.230 e. The van der Waals surface area contributed by atoms with Gasteiger partial charge in [0.2, 0.25) is 5.91 Å². The van der Waals surface area contributed by atoms with Gasteiger partial charge in [-0.05, 0) is 37.1 Å². The maximum absolute atomic E-state index is 11.8. The van der Waals surface area contributed by atoms with Crippen molar-refractivity contribution in [3.8, 4) is 0 Å². The van der Waals surface area contributed by atoms with Gasteiger partial charge in [-0.1, -0.05) is 23.7 Å². The summed E-state index contributed by atoms with van der Waals surface area (Å²) in [5, 5.41) is 7.11. The van der Waals surface area contributed by atoms with Crippen LogP contribution in [-0.4, -0.2) is 30.8 Å². The highest BCUT2D eigenvalue weighted by Gasteiger charge is 2.14. The molecule has 1 aliphatic rings. The van der Waals surface area contributed by atoms with Crippen molar-refractivity contribution in [2.24, 2.45) is 0 Å². The summed E-state index contributed by atoms with van der Waals surface area (Å²) >= 11 is 7.46. The van der Waals surface area contributed by atoms with E-state index in [2.05, 4.69) is 10.6 Å². The van der Waals surface area contributed by atoms with Crippen LogP contribution in [0.3, 0.4) is 0 Å². The van der Waals surface area contributed by atoms with Gasteiger partial charge in [0, 0.05) is 23.4 Å². The van der Waals surface area contributed by atoms with Crippen molar-refractivity contribution in [1.29, 1.82) is 0 Å². The molecule has 1 saturated heterocycles. The highest BCUT2D eigenvalue weighted by Crippen LogP contribution is 2.15. The van der Waals surface area contributed by atoms with Gasteiger partial charge in [0.25, 0.3) is 0 Å². The molecule has 0 aliphatic carbocycles. The molecule has 1 heterocycles. The molecule has 0 radical (unpaired) electrons. The molecule has 104 valence electrons. The normalized spacial score (nSPS) is 19.1. The number of halogens is 1. The number of carbonyl (C=O) groups is 1. The summed E-state index contributed by atoms with van der Waals surface area (Å²) in [4.78, 5) is 11.8. The third-order valence-corrected chi connectivity index (χ3v) is 4.33. The number of piperidine rings is 1. The second kappa shape index (κ2) is 7.78. The third-order valence-electron chi connectivity index (χ3n) is 3.08. The Morgan fingerprint density at radius 2 is 2.21 bits per heavy atom. The molecule has 5 heteroatoms. The van der Waals surface area contributed by atoms with Crippen molar-refractivity contribution in [2.75, 3.05) is 18.8 Å². The molecule has 3 nitrogen and oxygen atoms in total. The summed E-state index contributed by atoms with van der Waals surface area (Å²) in [6, 6.07) is 8.06. The number of carbonyl (C=O) groups excluding carboxylic acids is 1. The molecule has 1 fully saturated rings. The number of benzene rings is 1. The summed E-state index contributed by atoms with van der Waals surface area (Å²) in [6.45, 7) is 1.96. The van der Waals surface area contributed by atoms with Crippen LogP contribution < -0.4 is 10.6 Å². The molecule has 1 amide bonds. The zero-order valence-electron chi connectivity index (χ0n) is 10.8. The van der Waals surface area contributed by atoms with Gasteiger partial charge >= 0.3 is 0 Å². The van der Waals surface area contributed by atoms with E-state index in [4.69, 9.17) is 11.6 Å². The number of hydrogen-bond acceptors (Lipinski definition) is 3. The monoisotopic (exact) mass is 298 g/mol. The fourth-order valence-electron chi connectivity index (χ4n) is 2.09. The molecule has 1 aromatic rings. The van der Waals surface area contributed by atoms with Gasteiger partial charge in [0.1, 0.15) is 0 Å². The molecule has 0 bridgehead atoms. The molecular formula is C14H19ClN2OS. The molecule has 19 heavy (non-hydrogen) atoms. The predicted molar refractivity (Wildman–Crippen MR) is 81.6 cm³/mol. The Bertz CT molecular complexity index is 404. The largest absolute Gasteiger partial charge is 0.351 e. The number of thioether (sulfide) groups is 1. The first-order valence-corrected chi connectivity index (χ1v) is 8.09. The summed E-state index contributed by atoms with van der Waals surface area (Å²) < 4.78 is 0. The van der Waals surface area contributed by atoms with E-state index in [0.717, 1.165) is 36.7 Å². The van der Waals surface area contributed by atoms with Crippen molar-refractivity contribution in [3.63, 3.8) is 0 Å². The molecule has 1 aromatic carbocycles. The first-order valence-electron chi connectivity index (χ1n) is 6.56. The summed E-state index contributed by atoms with van der Waals surface area (Å²) in [5.74, 6) is 1.49. The minimum atomic E-state index is 0.132. The number of rotatable bonds is 5. The molecule has 0 spiro atoms. The van der Waals surface area contributed by atoms with Gasteiger partial charge in [-0.25, -0.2) is 0 Å². The van der Waals surface area contributed by atoms with Gasteiger partial charge in [0.05, 0.1) is 5.75 Å². The molecule has 2 rings (SSSR count). The second-order valence-corrected chi connectivity index (χ2v) is 6.15. The quantitative estimate of drug-likeness (QED) is 0.877. The minimum absolute atomic E-state index is 0.132. The average molecular weight is 299 g/mol. The fourth-order valence-corrected chi connectivity index (χ4v) is 3.01. The summed E-state index contributed by atoms with van der Waals surface area (Å²) in [5.41, 5.74) is 1.20. The van der Waals surface area contributed by atoms with E-state index >= 15 is 0 Å². The van der Waals surface area contributed by atoms with E-state index in [-0.39, 0.29) is 5.91 Å². The molecule has 0 saturated carbocycles.